The summed E-state index contributed by atoms with van der Waals surface area (Å²) in [4.78, 5) is 20.0. The van der Waals surface area contributed by atoms with Gasteiger partial charge in [-0.05, 0) is 81.9 Å². The van der Waals surface area contributed by atoms with Gasteiger partial charge >= 0.3 is 5.97 Å². The zero-order valence-corrected chi connectivity index (χ0v) is 48.7. The van der Waals surface area contributed by atoms with Crippen molar-refractivity contribution in [1.82, 2.24) is 4.73 Å². The number of carbonyl (C=O) groups is 1. The van der Waals surface area contributed by atoms with Gasteiger partial charge in [0, 0.05) is 84.8 Å². The molecule has 1 unspecified atom stereocenters. The summed E-state index contributed by atoms with van der Waals surface area (Å²) in [7, 11) is -11.8. The minimum atomic E-state index is -4.73. The van der Waals surface area contributed by atoms with Crippen molar-refractivity contribution in [2.75, 3.05) is 96.1 Å². The minimum Gasteiger partial charge on any atom is -0.492 e. The predicted octanol–water partition coefficient (Wildman–Crippen LogP) is 7.04. The number of ether oxygens (including phenoxy) is 6. The monoisotopic (exact) mass is 1200 g/mol. The average Bonchev–Trinajstić information content (AvgIpc) is 4.07. The highest BCUT2D eigenvalue weighted by Gasteiger charge is 2.48. The second kappa shape index (κ2) is 27.9. The molecule has 0 amide bonds. The van der Waals surface area contributed by atoms with Gasteiger partial charge < -0.3 is 48.4 Å². The molecule has 5 N–H and O–H groups in total. The third kappa shape index (κ3) is 17.0. The van der Waals surface area contributed by atoms with Crippen LogP contribution in [0.5, 0.6) is 17.5 Å². The number of aromatic nitrogens is 1. The van der Waals surface area contributed by atoms with Crippen LogP contribution in [0.3, 0.4) is 0 Å². The number of fused-ring (bicyclic) bond motifs is 3. The number of nitrogens with zero attached hydrogens (tertiary/aromatic N) is 3. The molecule has 3 aliphatic rings. The molecule has 22 nitrogen and oxygen atoms in total. The first-order valence-electron chi connectivity index (χ1n) is 26.7. The van der Waals surface area contributed by atoms with Crippen LogP contribution in [0.4, 0.5) is 11.4 Å². The fourth-order valence-corrected chi connectivity index (χ4v) is 11.7. The summed E-state index contributed by atoms with van der Waals surface area (Å²) in [6.07, 6.45) is 10.1. The molecule has 0 saturated heterocycles. The van der Waals surface area contributed by atoms with Crippen molar-refractivity contribution in [2.24, 2.45) is 0 Å². The molecule has 0 radical (unpaired) electrons. The Morgan fingerprint density at radius 1 is 0.732 bits per heavy atom. The van der Waals surface area contributed by atoms with Crippen molar-refractivity contribution in [3.63, 3.8) is 0 Å². The lowest BCUT2D eigenvalue weighted by atomic mass is 9.75. The maximum atomic E-state index is 13.1. The van der Waals surface area contributed by atoms with Crippen LogP contribution < -0.4 is 14.5 Å². The van der Waals surface area contributed by atoms with Gasteiger partial charge in [0.25, 0.3) is 30.4 Å². The fourth-order valence-electron chi connectivity index (χ4n) is 10.2. The molecule has 0 fully saturated rings. The average molecular weight is 1200 g/mol. The van der Waals surface area contributed by atoms with E-state index in [2.05, 4.69) is 11.0 Å². The molecular weight excluding hydrogens is 1130 g/mol. The van der Waals surface area contributed by atoms with Crippen LogP contribution in [0, 0.1) is 0 Å². The predicted molar refractivity (Wildman–Crippen MR) is 306 cm³/mol. The molecule has 0 saturated carbocycles. The Morgan fingerprint density at radius 3 is 1.98 bits per heavy atom. The standard InChI is InChI=1S/C57H71N3O19S3/c1-56(2)40-43(21-25-74-28-29-76-32-33-77-31-30-75-27-26-73-4)45-38-46-42(36-50(41-12-6-5-7-13-41)78-51(46)39-49(45)59(56)24-11-35-81(67,68)69)14-8-15-52-57(3,22-9-16-55(63)79-60-53(61)19-20-54(60)62)47-37-44(82(70,71)72)17-18-48(47)58(52)23-10-34-80(64,65)66/h5-8,12-15,17-20,36-40H,9-11,16,21-35H2,1-4H3,(H4-,61,62,64,65,66,67,68,69,70,71,72)/p+1. The van der Waals surface area contributed by atoms with E-state index in [9.17, 15) is 53.9 Å². The molecule has 1 aromatic heterocycles. The van der Waals surface area contributed by atoms with Gasteiger partial charge in [-0.1, -0.05) is 48.6 Å². The molecule has 0 aliphatic carbocycles. The molecule has 1 atom stereocenters. The lowest BCUT2D eigenvalue weighted by Crippen LogP contribution is -2.46. The molecular formula is C57H72N3O19S3+. The van der Waals surface area contributed by atoms with Gasteiger partial charge in [-0.2, -0.15) is 29.8 Å². The maximum Gasteiger partial charge on any atom is 0.333 e. The molecule has 446 valence electrons. The summed E-state index contributed by atoms with van der Waals surface area (Å²) in [6.45, 7) is 9.86. The smallest absolute Gasteiger partial charge is 0.333 e. The minimum absolute atomic E-state index is 0.0311. The van der Waals surface area contributed by atoms with Gasteiger partial charge in [0.2, 0.25) is 17.4 Å². The molecule has 3 aliphatic heterocycles. The van der Waals surface area contributed by atoms with Crippen LogP contribution in [0.1, 0.15) is 81.5 Å². The number of benzene rings is 3. The maximum absolute atomic E-state index is 13.1. The highest BCUT2D eigenvalue weighted by Crippen LogP contribution is 2.48. The Hall–Kier alpha value is -6.23. The first-order valence-corrected chi connectivity index (χ1v) is 31.3. The van der Waals surface area contributed by atoms with E-state index in [1.54, 1.807) is 23.8 Å². The van der Waals surface area contributed by atoms with Crippen molar-refractivity contribution in [3.8, 4) is 17.5 Å². The third-order valence-electron chi connectivity index (χ3n) is 14.1. The Kier molecular flexibility index (Phi) is 21.6. The first-order chi connectivity index (χ1) is 38.9. The van der Waals surface area contributed by atoms with Crippen molar-refractivity contribution < 1.29 is 91.8 Å². The topological polar surface area (TPSA) is 296 Å². The number of rotatable bonds is 32. The van der Waals surface area contributed by atoms with Crippen LogP contribution in [-0.4, -0.2) is 167 Å². The van der Waals surface area contributed by atoms with Crippen molar-refractivity contribution in [3.05, 3.63) is 125 Å². The number of aromatic hydroxyl groups is 2. The summed E-state index contributed by atoms with van der Waals surface area (Å²) < 4.78 is 140. The van der Waals surface area contributed by atoms with Gasteiger partial charge in [0.1, 0.15) is 18.1 Å². The van der Waals surface area contributed by atoms with E-state index in [1.807, 2.05) is 75.4 Å². The van der Waals surface area contributed by atoms with Crippen molar-refractivity contribution in [2.45, 2.75) is 75.1 Å². The van der Waals surface area contributed by atoms with Crippen LogP contribution >= 0.6 is 0 Å². The number of hydrogen-bond donors (Lipinski definition) is 5. The van der Waals surface area contributed by atoms with Gasteiger partial charge in [-0.3, -0.25) is 13.7 Å². The summed E-state index contributed by atoms with van der Waals surface area (Å²) >= 11 is 0. The summed E-state index contributed by atoms with van der Waals surface area (Å²) in [5.41, 5.74) is 4.38. The summed E-state index contributed by atoms with van der Waals surface area (Å²) in [5.74, 6) is -1.87. The van der Waals surface area contributed by atoms with E-state index in [0.29, 0.717) is 110 Å². The molecule has 82 heavy (non-hydrogen) atoms. The van der Waals surface area contributed by atoms with Gasteiger partial charge in [-0.25, -0.2) is 4.79 Å². The zero-order valence-electron chi connectivity index (χ0n) is 46.3. The molecule has 0 bridgehead atoms. The van der Waals surface area contributed by atoms with Gasteiger partial charge in [0.05, 0.1) is 86.8 Å². The largest absolute Gasteiger partial charge is 0.492 e. The van der Waals surface area contributed by atoms with E-state index in [1.165, 1.54) is 18.2 Å². The van der Waals surface area contributed by atoms with Crippen LogP contribution in [-0.2, 0) is 64.2 Å². The van der Waals surface area contributed by atoms with E-state index in [4.69, 9.17) is 33.3 Å². The highest BCUT2D eigenvalue weighted by molar-refractivity contribution is 7.86. The van der Waals surface area contributed by atoms with Crippen LogP contribution in [0.2, 0.25) is 0 Å². The Balaban J connectivity index is 1.24. The van der Waals surface area contributed by atoms with Crippen molar-refractivity contribution in [1.29, 1.82) is 0 Å². The highest BCUT2D eigenvalue weighted by atomic mass is 32.2. The number of hydrogen-bond acceptors (Lipinski definition) is 17. The number of allylic oxidation sites excluding steroid dienone is 5. The molecule has 4 heterocycles. The Morgan fingerprint density at radius 2 is 1.35 bits per heavy atom. The van der Waals surface area contributed by atoms with Gasteiger partial charge in [-0.15, -0.1) is 4.73 Å². The summed E-state index contributed by atoms with van der Waals surface area (Å²) in [6, 6.07) is 19.7. The van der Waals surface area contributed by atoms with Crippen LogP contribution in [0.25, 0.3) is 16.9 Å². The molecule has 4 aromatic rings. The Labute approximate surface area is 478 Å². The molecule has 7 rings (SSSR count). The number of anilines is 1. The van der Waals surface area contributed by atoms with E-state index in [0.717, 1.165) is 34.5 Å². The fraction of sp³-hybridized carbons (Fsp3) is 0.439. The first kappa shape index (κ1) is 63.4. The number of carbonyl (C=O) groups excluding carboxylic acids is 1. The van der Waals surface area contributed by atoms with Gasteiger partial charge in [0.15, 0.2) is 5.71 Å². The lowest BCUT2D eigenvalue weighted by molar-refractivity contribution is -0.437. The number of methoxy groups -OCH3 is 1. The van der Waals surface area contributed by atoms with E-state index < -0.39 is 75.4 Å². The quantitative estimate of drug-likeness (QED) is 0.0186. The second-order valence-corrected chi connectivity index (χ2v) is 25.0. The van der Waals surface area contributed by atoms with Crippen LogP contribution in [0.15, 0.2) is 108 Å². The molecule has 25 heteroatoms. The van der Waals surface area contributed by atoms with E-state index >= 15 is 0 Å². The Bertz CT molecular complexity index is 3400. The normalized spacial score (nSPS) is 17.4. The van der Waals surface area contributed by atoms with E-state index in [-0.39, 0.29) is 45.2 Å². The SMILES string of the molecule is COCCOCCOCCOCCOCCC1=CC(C)(C)N(CCCS(=O)(=O)O)c2cc3c(cc21)C(=CC=CC1=[N+](CCCS(=O)(=O)O)c2ccc(S(=O)(=O)O)cc2C1(C)CCCC(=O)On1c(O)ccc1O)C=C(c1ccccc1)O3. The third-order valence-corrected chi connectivity index (χ3v) is 16.5. The second-order valence-electron chi connectivity index (χ2n) is 20.5. The lowest BCUT2D eigenvalue weighted by Gasteiger charge is -2.44. The molecule has 0 spiro atoms. The zero-order chi connectivity index (χ0) is 59.3. The summed E-state index contributed by atoms with van der Waals surface area (Å²) in [5, 5.41) is 20.2. The van der Waals surface area contributed by atoms with Crippen molar-refractivity contribution >= 4 is 70.3 Å². The molecule has 3 aromatic carbocycles.